The zero-order chi connectivity index (χ0) is 14.4. The van der Waals surface area contributed by atoms with E-state index in [0.29, 0.717) is 6.54 Å². The van der Waals surface area contributed by atoms with Gasteiger partial charge < -0.3 is 15.0 Å². The van der Waals surface area contributed by atoms with Crippen LogP contribution in [0.2, 0.25) is 0 Å². The molecule has 0 saturated carbocycles. The summed E-state index contributed by atoms with van der Waals surface area (Å²) in [5.74, 6) is 1.07. The molecule has 1 saturated heterocycles. The molecule has 1 aliphatic heterocycles. The Bertz CT molecular complexity index is 425. The molecule has 1 heterocycles. The number of amides is 1. The molecular formula is C16H24N2O2. The van der Waals surface area contributed by atoms with E-state index >= 15 is 0 Å². The standard InChI is InChI=1S/C16H24N2O2/c1-13(14-6-8-15(20-2)9-7-14)17-12-16(19)18-10-4-3-5-11-18/h6-9,13,17H,3-5,10-12H2,1-2H3/t13-/m0/s1. The monoisotopic (exact) mass is 276 g/mol. The lowest BCUT2D eigenvalue weighted by molar-refractivity contribution is -0.131. The molecule has 1 aromatic rings. The highest BCUT2D eigenvalue weighted by Crippen LogP contribution is 2.17. The first kappa shape index (κ1) is 14.9. The zero-order valence-electron chi connectivity index (χ0n) is 12.4. The molecular weight excluding hydrogens is 252 g/mol. The Morgan fingerprint density at radius 1 is 1.25 bits per heavy atom. The van der Waals surface area contributed by atoms with Crippen molar-refractivity contribution in [1.29, 1.82) is 0 Å². The van der Waals surface area contributed by atoms with E-state index in [4.69, 9.17) is 4.74 Å². The molecule has 1 amide bonds. The Balaban J connectivity index is 1.81. The van der Waals surface area contributed by atoms with E-state index in [1.807, 2.05) is 29.2 Å². The normalized spacial score (nSPS) is 16.8. The largest absolute Gasteiger partial charge is 0.497 e. The molecule has 0 unspecified atom stereocenters. The summed E-state index contributed by atoms with van der Waals surface area (Å²) in [4.78, 5) is 14.0. The Labute approximate surface area is 121 Å². The quantitative estimate of drug-likeness (QED) is 0.897. The summed E-state index contributed by atoms with van der Waals surface area (Å²) in [7, 11) is 1.66. The van der Waals surface area contributed by atoms with Crippen LogP contribution in [0.1, 0.15) is 37.8 Å². The van der Waals surface area contributed by atoms with E-state index < -0.39 is 0 Å². The van der Waals surface area contributed by atoms with Crippen LogP contribution in [0.5, 0.6) is 5.75 Å². The first-order valence-electron chi connectivity index (χ1n) is 7.36. The summed E-state index contributed by atoms with van der Waals surface area (Å²) in [6.07, 6.45) is 3.53. The Morgan fingerprint density at radius 2 is 1.90 bits per heavy atom. The van der Waals surface area contributed by atoms with Gasteiger partial charge in [-0.1, -0.05) is 12.1 Å². The minimum Gasteiger partial charge on any atom is -0.497 e. The molecule has 110 valence electrons. The number of benzene rings is 1. The average molecular weight is 276 g/mol. The molecule has 1 atom stereocenters. The van der Waals surface area contributed by atoms with Crippen LogP contribution >= 0.6 is 0 Å². The Kier molecular flexibility index (Phi) is 5.41. The number of hydrogen-bond donors (Lipinski definition) is 1. The first-order valence-corrected chi connectivity index (χ1v) is 7.36. The van der Waals surface area contributed by atoms with Crippen molar-refractivity contribution in [1.82, 2.24) is 10.2 Å². The van der Waals surface area contributed by atoms with Crippen LogP contribution < -0.4 is 10.1 Å². The van der Waals surface area contributed by atoms with Crippen molar-refractivity contribution < 1.29 is 9.53 Å². The number of ether oxygens (including phenoxy) is 1. The summed E-state index contributed by atoms with van der Waals surface area (Å²) in [6.45, 7) is 4.31. The van der Waals surface area contributed by atoms with Crippen LogP contribution in [-0.2, 0) is 4.79 Å². The number of likely N-dealkylation sites (tertiary alicyclic amines) is 1. The van der Waals surface area contributed by atoms with Gasteiger partial charge in [0.2, 0.25) is 5.91 Å². The third-order valence-electron chi connectivity index (χ3n) is 3.88. The topological polar surface area (TPSA) is 41.6 Å². The number of methoxy groups -OCH3 is 1. The predicted octanol–water partition coefficient (Wildman–Crippen LogP) is 2.36. The second kappa shape index (κ2) is 7.29. The van der Waals surface area contributed by atoms with Crippen LogP contribution in [-0.4, -0.2) is 37.6 Å². The van der Waals surface area contributed by atoms with Gasteiger partial charge in [0.05, 0.1) is 13.7 Å². The zero-order valence-corrected chi connectivity index (χ0v) is 12.4. The lowest BCUT2D eigenvalue weighted by Crippen LogP contribution is -2.41. The Morgan fingerprint density at radius 3 is 2.50 bits per heavy atom. The van der Waals surface area contributed by atoms with Gasteiger partial charge in [0.1, 0.15) is 5.75 Å². The second-order valence-corrected chi connectivity index (χ2v) is 5.32. The van der Waals surface area contributed by atoms with Gasteiger partial charge in [-0.05, 0) is 43.9 Å². The third-order valence-corrected chi connectivity index (χ3v) is 3.88. The summed E-state index contributed by atoms with van der Waals surface area (Å²) >= 11 is 0. The molecule has 1 aromatic carbocycles. The highest BCUT2D eigenvalue weighted by atomic mass is 16.5. The molecule has 1 fully saturated rings. The number of carbonyl (C=O) groups is 1. The van der Waals surface area contributed by atoms with E-state index in [2.05, 4.69) is 12.2 Å². The maximum absolute atomic E-state index is 12.1. The van der Waals surface area contributed by atoms with Crippen molar-refractivity contribution in [2.45, 2.75) is 32.2 Å². The average Bonchev–Trinajstić information content (AvgIpc) is 2.53. The van der Waals surface area contributed by atoms with Crippen molar-refractivity contribution in [3.05, 3.63) is 29.8 Å². The highest BCUT2D eigenvalue weighted by molar-refractivity contribution is 5.78. The molecule has 0 bridgehead atoms. The van der Waals surface area contributed by atoms with Gasteiger partial charge in [-0.2, -0.15) is 0 Å². The number of nitrogens with one attached hydrogen (secondary N) is 1. The molecule has 0 radical (unpaired) electrons. The maximum atomic E-state index is 12.1. The van der Waals surface area contributed by atoms with Gasteiger partial charge in [-0.25, -0.2) is 0 Å². The van der Waals surface area contributed by atoms with Crippen molar-refractivity contribution in [3.63, 3.8) is 0 Å². The summed E-state index contributed by atoms with van der Waals surface area (Å²) < 4.78 is 5.15. The van der Waals surface area contributed by atoms with Crippen LogP contribution in [0, 0.1) is 0 Å². The van der Waals surface area contributed by atoms with E-state index in [1.165, 1.54) is 6.42 Å². The fraction of sp³-hybridized carbons (Fsp3) is 0.562. The van der Waals surface area contributed by atoms with Gasteiger partial charge >= 0.3 is 0 Å². The fourth-order valence-electron chi connectivity index (χ4n) is 2.51. The molecule has 0 aliphatic carbocycles. The molecule has 4 nitrogen and oxygen atoms in total. The summed E-state index contributed by atoms with van der Waals surface area (Å²) in [6, 6.07) is 8.11. The molecule has 1 aliphatic rings. The van der Waals surface area contributed by atoms with Crippen molar-refractivity contribution in [3.8, 4) is 5.75 Å². The lowest BCUT2D eigenvalue weighted by Gasteiger charge is -2.27. The van der Waals surface area contributed by atoms with Crippen molar-refractivity contribution in [2.24, 2.45) is 0 Å². The second-order valence-electron chi connectivity index (χ2n) is 5.32. The molecule has 0 spiro atoms. The van der Waals surface area contributed by atoms with Crippen molar-refractivity contribution in [2.75, 3.05) is 26.7 Å². The van der Waals surface area contributed by atoms with Crippen LogP contribution in [0.15, 0.2) is 24.3 Å². The number of nitrogens with zero attached hydrogens (tertiary/aromatic N) is 1. The number of carbonyl (C=O) groups excluding carboxylic acids is 1. The SMILES string of the molecule is COc1ccc([C@H](C)NCC(=O)N2CCCCC2)cc1. The van der Waals surface area contributed by atoms with Gasteiger partial charge in [0.15, 0.2) is 0 Å². The number of piperidine rings is 1. The van der Waals surface area contributed by atoms with Gasteiger partial charge in [0, 0.05) is 19.1 Å². The minimum absolute atomic E-state index is 0.162. The van der Waals surface area contributed by atoms with Crippen LogP contribution in [0.4, 0.5) is 0 Å². The molecule has 4 heteroatoms. The molecule has 20 heavy (non-hydrogen) atoms. The fourth-order valence-corrected chi connectivity index (χ4v) is 2.51. The van der Waals surface area contributed by atoms with Gasteiger partial charge in [-0.15, -0.1) is 0 Å². The predicted molar refractivity (Wildman–Crippen MR) is 79.8 cm³/mol. The van der Waals surface area contributed by atoms with E-state index in [1.54, 1.807) is 7.11 Å². The Hall–Kier alpha value is -1.55. The van der Waals surface area contributed by atoms with E-state index in [0.717, 1.165) is 37.2 Å². The molecule has 1 N–H and O–H groups in total. The van der Waals surface area contributed by atoms with Crippen LogP contribution in [0.25, 0.3) is 0 Å². The summed E-state index contributed by atoms with van der Waals surface area (Å²) in [5, 5.41) is 3.30. The summed E-state index contributed by atoms with van der Waals surface area (Å²) in [5.41, 5.74) is 1.16. The lowest BCUT2D eigenvalue weighted by atomic mass is 10.1. The van der Waals surface area contributed by atoms with E-state index in [9.17, 15) is 4.79 Å². The van der Waals surface area contributed by atoms with Crippen molar-refractivity contribution >= 4 is 5.91 Å². The minimum atomic E-state index is 0.162. The molecule has 2 rings (SSSR count). The van der Waals surface area contributed by atoms with E-state index in [-0.39, 0.29) is 11.9 Å². The number of rotatable bonds is 5. The first-order chi connectivity index (χ1) is 9.70. The van der Waals surface area contributed by atoms with Gasteiger partial charge in [0.25, 0.3) is 0 Å². The highest BCUT2D eigenvalue weighted by Gasteiger charge is 2.16. The van der Waals surface area contributed by atoms with Gasteiger partial charge in [-0.3, -0.25) is 4.79 Å². The smallest absolute Gasteiger partial charge is 0.236 e. The number of hydrogen-bond acceptors (Lipinski definition) is 3. The van der Waals surface area contributed by atoms with Crippen LogP contribution in [0.3, 0.4) is 0 Å². The molecule has 0 aromatic heterocycles. The third kappa shape index (κ3) is 3.97. The maximum Gasteiger partial charge on any atom is 0.236 e.